The molecule has 8 nitrogen and oxygen atoms in total. The second-order valence-electron chi connectivity index (χ2n) is 4.39. The summed E-state index contributed by atoms with van der Waals surface area (Å²) >= 11 is 0. The Bertz CT molecular complexity index is 696. The van der Waals surface area contributed by atoms with E-state index in [0.29, 0.717) is 12.3 Å². The topological polar surface area (TPSA) is 115 Å². The number of carbonyl (C=O) groups is 2. The second-order valence-corrected chi connectivity index (χ2v) is 4.39. The van der Waals surface area contributed by atoms with E-state index in [9.17, 15) is 14.7 Å². The van der Waals surface area contributed by atoms with Crippen LogP contribution in [0.1, 0.15) is 39.4 Å². The predicted octanol–water partition coefficient (Wildman–Crippen LogP) is 1.05. The maximum atomic E-state index is 12.0. The third-order valence-corrected chi connectivity index (χ3v) is 2.81. The molecular weight excluding hydrogens is 290 g/mol. The maximum absolute atomic E-state index is 12.0. The van der Waals surface area contributed by atoms with Crippen molar-refractivity contribution in [3.05, 3.63) is 41.1 Å². The minimum atomic E-state index is -0.644. The van der Waals surface area contributed by atoms with Gasteiger partial charge in [0.1, 0.15) is 5.75 Å². The highest BCUT2D eigenvalue weighted by atomic mass is 16.5. The molecule has 0 bridgehead atoms. The van der Waals surface area contributed by atoms with Crippen LogP contribution in [0, 0.1) is 0 Å². The molecule has 1 amide bonds. The number of hydrogen-bond acceptors (Lipinski definition) is 7. The van der Waals surface area contributed by atoms with Crippen molar-refractivity contribution in [2.45, 2.75) is 19.9 Å². The number of phenolic OH excluding ortho intramolecular Hbond substituents is 1. The first-order valence-corrected chi connectivity index (χ1v) is 6.55. The molecule has 2 aromatic rings. The zero-order chi connectivity index (χ0) is 16.1. The van der Waals surface area contributed by atoms with Crippen LogP contribution in [0.2, 0.25) is 0 Å². The highest BCUT2D eigenvalue weighted by molar-refractivity contribution is 5.98. The molecule has 0 aliphatic heterocycles. The van der Waals surface area contributed by atoms with Gasteiger partial charge >= 0.3 is 5.97 Å². The first-order chi connectivity index (χ1) is 10.5. The standard InChI is InChI=1S/C14H15N3O5/c1-3-11-16-17-12(22-11)7-15-13(19)8-4-9(14(20)21-2)6-10(18)5-8/h4-6,18H,3,7H2,1-2H3,(H,15,19). The third kappa shape index (κ3) is 3.60. The molecule has 2 N–H and O–H groups in total. The van der Waals surface area contributed by atoms with E-state index in [0.717, 1.165) is 0 Å². The van der Waals surface area contributed by atoms with Gasteiger partial charge in [-0.05, 0) is 18.2 Å². The predicted molar refractivity (Wildman–Crippen MR) is 74.3 cm³/mol. The van der Waals surface area contributed by atoms with Gasteiger partial charge in [-0.2, -0.15) is 0 Å². The number of methoxy groups -OCH3 is 1. The van der Waals surface area contributed by atoms with Crippen molar-refractivity contribution in [3.8, 4) is 5.75 Å². The molecule has 116 valence electrons. The van der Waals surface area contributed by atoms with Crippen LogP contribution in [0.4, 0.5) is 0 Å². The van der Waals surface area contributed by atoms with E-state index in [-0.39, 0.29) is 29.3 Å². The number of hydrogen-bond donors (Lipinski definition) is 2. The molecule has 0 unspecified atom stereocenters. The number of benzene rings is 1. The van der Waals surface area contributed by atoms with Crippen LogP contribution >= 0.6 is 0 Å². The zero-order valence-corrected chi connectivity index (χ0v) is 12.1. The Labute approximate surface area is 126 Å². The lowest BCUT2D eigenvalue weighted by atomic mass is 10.1. The van der Waals surface area contributed by atoms with Crippen LogP contribution in [0.15, 0.2) is 22.6 Å². The molecule has 0 aliphatic carbocycles. The molecule has 1 aromatic heterocycles. The van der Waals surface area contributed by atoms with Gasteiger partial charge in [0.2, 0.25) is 11.8 Å². The van der Waals surface area contributed by atoms with E-state index < -0.39 is 11.9 Å². The van der Waals surface area contributed by atoms with E-state index >= 15 is 0 Å². The summed E-state index contributed by atoms with van der Waals surface area (Å²) in [6.07, 6.45) is 0.607. The molecule has 0 spiro atoms. The highest BCUT2D eigenvalue weighted by Gasteiger charge is 2.14. The van der Waals surface area contributed by atoms with Gasteiger partial charge in [-0.15, -0.1) is 10.2 Å². The van der Waals surface area contributed by atoms with Crippen LogP contribution in [-0.2, 0) is 17.7 Å². The fourth-order valence-electron chi connectivity index (χ4n) is 1.74. The van der Waals surface area contributed by atoms with E-state index in [2.05, 4.69) is 20.3 Å². The summed E-state index contributed by atoms with van der Waals surface area (Å²) in [5.41, 5.74) is 0.203. The number of esters is 1. The summed E-state index contributed by atoms with van der Waals surface area (Å²) in [6, 6.07) is 3.79. The van der Waals surface area contributed by atoms with E-state index in [4.69, 9.17) is 4.42 Å². The third-order valence-electron chi connectivity index (χ3n) is 2.81. The van der Waals surface area contributed by atoms with Crippen molar-refractivity contribution in [2.75, 3.05) is 7.11 Å². The SMILES string of the molecule is CCc1nnc(CNC(=O)c2cc(O)cc(C(=O)OC)c2)o1. The van der Waals surface area contributed by atoms with E-state index in [1.807, 2.05) is 6.92 Å². The Morgan fingerprint density at radius 1 is 1.23 bits per heavy atom. The van der Waals surface area contributed by atoms with Crippen LogP contribution in [-0.4, -0.2) is 34.3 Å². The number of carbonyl (C=O) groups excluding carboxylic acids is 2. The highest BCUT2D eigenvalue weighted by Crippen LogP contribution is 2.16. The molecule has 22 heavy (non-hydrogen) atoms. The summed E-state index contributed by atoms with van der Waals surface area (Å²) in [5, 5.41) is 19.7. The lowest BCUT2D eigenvalue weighted by Crippen LogP contribution is -2.23. The van der Waals surface area contributed by atoms with Crippen molar-refractivity contribution >= 4 is 11.9 Å². The van der Waals surface area contributed by atoms with Crippen LogP contribution in [0.5, 0.6) is 5.75 Å². The number of nitrogens with one attached hydrogen (secondary N) is 1. The van der Waals surface area contributed by atoms with Gasteiger partial charge in [-0.3, -0.25) is 4.79 Å². The molecule has 0 saturated heterocycles. The minimum Gasteiger partial charge on any atom is -0.508 e. The molecule has 0 aliphatic rings. The minimum absolute atomic E-state index is 0.0506. The van der Waals surface area contributed by atoms with Gasteiger partial charge in [0, 0.05) is 12.0 Å². The Kier molecular flexibility index (Phi) is 4.72. The monoisotopic (exact) mass is 305 g/mol. The number of aromatic nitrogens is 2. The van der Waals surface area contributed by atoms with Gasteiger partial charge in [-0.1, -0.05) is 6.92 Å². The quantitative estimate of drug-likeness (QED) is 0.793. The molecule has 0 saturated carbocycles. The molecule has 0 atom stereocenters. The second kappa shape index (κ2) is 6.70. The van der Waals surface area contributed by atoms with Crippen molar-refractivity contribution < 1.29 is 23.8 Å². The van der Waals surface area contributed by atoms with Crippen molar-refractivity contribution in [1.82, 2.24) is 15.5 Å². The van der Waals surface area contributed by atoms with Crippen LogP contribution in [0.25, 0.3) is 0 Å². The Morgan fingerprint density at radius 3 is 2.55 bits per heavy atom. The summed E-state index contributed by atoms with van der Waals surface area (Å²) < 4.78 is 9.82. The number of phenols is 1. The average molecular weight is 305 g/mol. The normalized spacial score (nSPS) is 10.3. The summed E-state index contributed by atoms with van der Waals surface area (Å²) in [4.78, 5) is 23.5. The fraction of sp³-hybridized carbons (Fsp3) is 0.286. The first kappa shape index (κ1) is 15.5. The van der Waals surface area contributed by atoms with Crippen molar-refractivity contribution in [3.63, 3.8) is 0 Å². The first-order valence-electron chi connectivity index (χ1n) is 6.55. The summed E-state index contributed by atoms with van der Waals surface area (Å²) in [7, 11) is 1.22. The number of ether oxygens (including phenoxy) is 1. The van der Waals surface area contributed by atoms with Crippen LogP contribution in [0.3, 0.4) is 0 Å². The fourth-order valence-corrected chi connectivity index (χ4v) is 1.74. The molecule has 1 heterocycles. The molecule has 8 heteroatoms. The molecular formula is C14H15N3O5. The van der Waals surface area contributed by atoms with Gasteiger partial charge < -0.3 is 19.6 Å². The molecule has 1 aromatic carbocycles. The Balaban J connectivity index is 2.08. The van der Waals surface area contributed by atoms with Gasteiger partial charge in [-0.25, -0.2) is 4.79 Å². The lowest BCUT2D eigenvalue weighted by Gasteiger charge is -2.06. The number of rotatable bonds is 5. The lowest BCUT2D eigenvalue weighted by molar-refractivity contribution is 0.0600. The zero-order valence-electron chi connectivity index (χ0n) is 12.1. The Morgan fingerprint density at radius 2 is 1.91 bits per heavy atom. The Hall–Kier alpha value is -2.90. The maximum Gasteiger partial charge on any atom is 0.338 e. The molecule has 2 rings (SSSR count). The van der Waals surface area contributed by atoms with Crippen LogP contribution < -0.4 is 5.32 Å². The summed E-state index contributed by atoms with van der Waals surface area (Å²) in [5.74, 6) is -0.584. The number of aromatic hydroxyl groups is 1. The summed E-state index contributed by atoms with van der Waals surface area (Å²) in [6.45, 7) is 1.92. The van der Waals surface area contributed by atoms with Gasteiger partial charge in [0.05, 0.1) is 19.2 Å². The number of aryl methyl sites for hydroxylation is 1. The number of amides is 1. The average Bonchev–Trinajstić information content (AvgIpc) is 2.99. The van der Waals surface area contributed by atoms with E-state index in [1.54, 1.807) is 0 Å². The van der Waals surface area contributed by atoms with Gasteiger partial charge in [0.25, 0.3) is 5.91 Å². The molecule has 0 fully saturated rings. The van der Waals surface area contributed by atoms with E-state index in [1.165, 1.54) is 25.3 Å². The van der Waals surface area contributed by atoms with Crippen molar-refractivity contribution in [2.24, 2.45) is 0 Å². The largest absolute Gasteiger partial charge is 0.508 e. The molecule has 0 radical (unpaired) electrons. The van der Waals surface area contributed by atoms with Gasteiger partial charge in [0.15, 0.2) is 0 Å². The number of nitrogens with zero attached hydrogens (tertiary/aromatic N) is 2. The smallest absolute Gasteiger partial charge is 0.338 e. The van der Waals surface area contributed by atoms with Crippen molar-refractivity contribution in [1.29, 1.82) is 0 Å².